The highest BCUT2D eigenvalue weighted by Crippen LogP contribution is 1.96. The number of aliphatic hydroxyl groups excluding tert-OH is 1. The van der Waals surface area contributed by atoms with E-state index in [1.165, 1.54) is 0 Å². The topological polar surface area (TPSA) is 141 Å². The van der Waals surface area contributed by atoms with E-state index in [0.29, 0.717) is 118 Å². The lowest BCUT2D eigenvalue weighted by atomic mass is 10.2. The lowest BCUT2D eigenvalue weighted by molar-refractivity contribution is -0.0248. The zero-order chi connectivity index (χ0) is 27.8. The van der Waals surface area contributed by atoms with E-state index >= 15 is 0 Å². The molecule has 0 aliphatic carbocycles. The molecular formula is C26H46O12. The average Bonchev–Trinajstić information content (AvgIpc) is 2.94. The van der Waals surface area contributed by atoms with Crippen LogP contribution in [-0.2, 0) is 42.6 Å². The molecule has 0 aromatic heterocycles. The molecule has 222 valence electrons. The van der Waals surface area contributed by atoms with Crippen LogP contribution >= 0.6 is 0 Å². The van der Waals surface area contributed by atoms with Gasteiger partial charge in [0.2, 0.25) is 0 Å². The number of aromatic carboxylic acids is 1. The Kier molecular flexibility index (Phi) is 30.1. The van der Waals surface area contributed by atoms with Gasteiger partial charge in [0.15, 0.2) is 0 Å². The first-order chi connectivity index (χ1) is 18.7. The summed E-state index contributed by atoms with van der Waals surface area (Å²) < 4.78 is 47.4. The molecule has 0 fully saturated rings. The number of carboxylic acid groups (broad SMARTS) is 1. The maximum Gasteiger partial charge on any atom is 0.335 e. The van der Waals surface area contributed by atoms with Crippen LogP contribution in [0.3, 0.4) is 0 Å². The molecule has 2 N–H and O–H groups in total. The molecule has 0 amide bonds. The first-order valence-corrected chi connectivity index (χ1v) is 12.7. The van der Waals surface area contributed by atoms with E-state index in [-0.39, 0.29) is 6.61 Å². The summed E-state index contributed by atoms with van der Waals surface area (Å²) >= 11 is 0. The molecular weight excluding hydrogens is 504 g/mol. The predicted octanol–water partition coefficient (Wildman–Crippen LogP) is 1.14. The smallest absolute Gasteiger partial charge is 0.335 e. The van der Waals surface area contributed by atoms with E-state index < -0.39 is 5.97 Å². The molecule has 0 unspecified atom stereocenters. The van der Waals surface area contributed by atoms with Gasteiger partial charge in [0.05, 0.1) is 124 Å². The molecule has 0 spiro atoms. The normalized spacial score (nSPS) is 10.8. The molecule has 38 heavy (non-hydrogen) atoms. The predicted molar refractivity (Wildman–Crippen MR) is 139 cm³/mol. The number of ether oxygens (including phenoxy) is 9. The highest BCUT2D eigenvalue weighted by Gasteiger charge is 1.97. The van der Waals surface area contributed by atoms with Crippen molar-refractivity contribution in [2.75, 3.05) is 126 Å². The molecule has 0 radical (unpaired) electrons. The molecule has 0 saturated heterocycles. The van der Waals surface area contributed by atoms with E-state index in [1.54, 1.807) is 37.4 Å². The van der Waals surface area contributed by atoms with Gasteiger partial charge in [0.1, 0.15) is 0 Å². The molecule has 12 heteroatoms. The minimum atomic E-state index is -0.879. The second kappa shape index (κ2) is 31.5. The van der Waals surface area contributed by atoms with Crippen LogP contribution in [0, 0.1) is 0 Å². The van der Waals surface area contributed by atoms with Gasteiger partial charge in [-0.3, -0.25) is 0 Å². The van der Waals surface area contributed by atoms with Gasteiger partial charge in [-0.15, -0.1) is 0 Å². The van der Waals surface area contributed by atoms with E-state index in [4.69, 9.17) is 52.8 Å². The molecule has 0 saturated carbocycles. The average molecular weight is 551 g/mol. The summed E-state index contributed by atoms with van der Waals surface area (Å²) in [6.45, 7) is 8.90. The Morgan fingerprint density at radius 1 is 0.526 bits per heavy atom. The van der Waals surface area contributed by atoms with Crippen molar-refractivity contribution in [1.29, 1.82) is 0 Å². The zero-order valence-corrected chi connectivity index (χ0v) is 22.6. The van der Waals surface area contributed by atoms with Crippen molar-refractivity contribution < 1.29 is 57.6 Å². The van der Waals surface area contributed by atoms with Gasteiger partial charge in [-0.1, -0.05) is 18.2 Å². The van der Waals surface area contributed by atoms with Gasteiger partial charge in [-0.2, -0.15) is 0 Å². The highest BCUT2D eigenvalue weighted by atomic mass is 16.6. The van der Waals surface area contributed by atoms with E-state index in [9.17, 15) is 4.79 Å². The SMILES string of the molecule is COCCOCCOCCOCCOCCOCCOCCOCCOCCO.O=C(O)c1ccccc1. The summed E-state index contributed by atoms with van der Waals surface area (Å²) in [6, 6.07) is 8.30. The Hall–Kier alpha value is -1.71. The standard InChI is InChI=1S/C19H40O10.C7H6O2/c1-21-4-5-23-8-9-25-12-13-27-16-17-29-19-18-28-15-14-26-11-10-24-7-6-22-3-2-20;8-7(9)6-4-2-1-3-5-6/h20H,2-19H2,1H3;1-5H,(H,8,9). The van der Waals surface area contributed by atoms with Crippen LogP contribution in [0.25, 0.3) is 0 Å². The van der Waals surface area contributed by atoms with Crippen molar-refractivity contribution in [1.82, 2.24) is 0 Å². The monoisotopic (exact) mass is 550 g/mol. The van der Waals surface area contributed by atoms with Crippen molar-refractivity contribution in [2.24, 2.45) is 0 Å². The fourth-order valence-corrected chi connectivity index (χ4v) is 2.43. The number of carbonyl (C=O) groups is 1. The number of rotatable bonds is 27. The fourth-order valence-electron chi connectivity index (χ4n) is 2.43. The molecule has 0 atom stereocenters. The largest absolute Gasteiger partial charge is 0.478 e. The highest BCUT2D eigenvalue weighted by molar-refractivity contribution is 5.87. The number of benzene rings is 1. The summed E-state index contributed by atoms with van der Waals surface area (Å²) in [7, 11) is 1.64. The number of methoxy groups -OCH3 is 1. The van der Waals surface area contributed by atoms with Gasteiger partial charge in [0, 0.05) is 7.11 Å². The lowest BCUT2D eigenvalue weighted by Gasteiger charge is -2.08. The van der Waals surface area contributed by atoms with Gasteiger partial charge in [-0.05, 0) is 12.1 Å². The fraction of sp³-hybridized carbons (Fsp3) is 0.731. The van der Waals surface area contributed by atoms with Gasteiger partial charge < -0.3 is 52.8 Å². The van der Waals surface area contributed by atoms with Crippen LogP contribution in [0.4, 0.5) is 0 Å². The summed E-state index contributed by atoms with van der Waals surface area (Å²) in [5, 5.41) is 16.9. The minimum absolute atomic E-state index is 0.0322. The molecule has 12 nitrogen and oxygen atoms in total. The number of hydrogen-bond donors (Lipinski definition) is 2. The van der Waals surface area contributed by atoms with E-state index in [2.05, 4.69) is 0 Å². The molecule has 0 aliphatic heterocycles. The molecule has 1 aromatic rings. The Labute approximate surface area is 226 Å². The summed E-state index contributed by atoms with van der Waals surface area (Å²) in [6.07, 6.45) is 0. The summed E-state index contributed by atoms with van der Waals surface area (Å²) in [5.74, 6) is -0.879. The number of aliphatic hydroxyl groups is 1. The zero-order valence-electron chi connectivity index (χ0n) is 22.6. The number of hydrogen-bond acceptors (Lipinski definition) is 11. The van der Waals surface area contributed by atoms with Crippen LogP contribution in [0.2, 0.25) is 0 Å². The maximum atomic E-state index is 10.2. The molecule has 0 aliphatic rings. The van der Waals surface area contributed by atoms with Crippen LogP contribution in [-0.4, -0.2) is 142 Å². The first kappa shape index (κ1) is 36.3. The van der Waals surface area contributed by atoms with Gasteiger partial charge >= 0.3 is 5.97 Å². The molecule has 0 heterocycles. The molecule has 0 bridgehead atoms. The van der Waals surface area contributed by atoms with Crippen LogP contribution < -0.4 is 0 Å². The van der Waals surface area contributed by atoms with Crippen molar-refractivity contribution in [3.63, 3.8) is 0 Å². The summed E-state index contributed by atoms with van der Waals surface area (Å²) in [4.78, 5) is 10.2. The van der Waals surface area contributed by atoms with Crippen molar-refractivity contribution in [2.45, 2.75) is 0 Å². The van der Waals surface area contributed by atoms with Crippen molar-refractivity contribution in [3.8, 4) is 0 Å². The van der Waals surface area contributed by atoms with Crippen molar-refractivity contribution in [3.05, 3.63) is 35.9 Å². The Balaban J connectivity index is 0.00000127. The van der Waals surface area contributed by atoms with E-state index in [0.717, 1.165) is 0 Å². The first-order valence-electron chi connectivity index (χ1n) is 12.7. The Bertz CT molecular complexity index is 565. The second-order valence-corrected chi connectivity index (χ2v) is 7.29. The number of carboxylic acids is 1. The third kappa shape index (κ3) is 28.9. The summed E-state index contributed by atoms with van der Waals surface area (Å²) in [5.41, 5.74) is 0.331. The quantitative estimate of drug-likeness (QED) is 0.152. The Morgan fingerprint density at radius 2 is 0.816 bits per heavy atom. The minimum Gasteiger partial charge on any atom is -0.478 e. The van der Waals surface area contributed by atoms with Crippen LogP contribution in [0.15, 0.2) is 30.3 Å². The van der Waals surface area contributed by atoms with Crippen LogP contribution in [0.1, 0.15) is 10.4 Å². The maximum absolute atomic E-state index is 10.2. The van der Waals surface area contributed by atoms with Crippen LogP contribution in [0.5, 0.6) is 0 Å². The third-order valence-corrected chi connectivity index (χ3v) is 4.29. The van der Waals surface area contributed by atoms with Crippen molar-refractivity contribution >= 4 is 5.97 Å². The second-order valence-electron chi connectivity index (χ2n) is 7.29. The third-order valence-electron chi connectivity index (χ3n) is 4.29. The molecule has 1 rings (SSSR count). The van der Waals surface area contributed by atoms with E-state index in [1.807, 2.05) is 0 Å². The lowest BCUT2D eigenvalue weighted by Crippen LogP contribution is -2.15. The Morgan fingerprint density at radius 3 is 1.05 bits per heavy atom. The van der Waals surface area contributed by atoms with Gasteiger partial charge in [0.25, 0.3) is 0 Å². The van der Waals surface area contributed by atoms with Gasteiger partial charge in [-0.25, -0.2) is 4.79 Å². The molecule has 1 aromatic carbocycles.